The minimum absolute atomic E-state index is 1.22. The van der Waals surface area contributed by atoms with Crippen molar-refractivity contribution in [3.63, 3.8) is 0 Å². The molecule has 0 saturated heterocycles. The summed E-state index contributed by atoms with van der Waals surface area (Å²) in [4.78, 5) is 0. The molecule has 0 spiro atoms. The van der Waals surface area contributed by atoms with Crippen LogP contribution in [0.3, 0.4) is 0 Å². The molecule has 0 aromatic rings. The lowest BCUT2D eigenvalue weighted by Gasteiger charge is -2.22. The van der Waals surface area contributed by atoms with Gasteiger partial charge in [-0.25, -0.2) is 0 Å². The Morgan fingerprint density at radius 2 is 1.77 bits per heavy atom. The summed E-state index contributed by atoms with van der Waals surface area (Å²) in [7, 11) is 0. The first-order valence-corrected chi connectivity index (χ1v) is 5.06. The van der Waals surface area contributed by atoms with Crippen LogP contribution >= 0.6 is 0 Å². The summed E-state index contributed by atoms with van der Waals surface area (Å²) in [5, 5.41) is 0. The Morgan fingerprint density at radius 3 is 2.23 bits per heavy atom. The molecule has 1 aliphatic rings. The maximum atomic E-state index is 4.04. The van der Waals surface area contributed by atoms with Crippen LogP contribution < -0.4 is 0 Å². The molecular formula is C13H20. The van der Waals surface area contributed by atoms with Gasteiger partial charge in [0, 0.05) is 0 Å². The fourth-order valence-electron chi connectivity index (χ4n) is 2.16. The molecule has 0 saturated carbocycles. The van der Waals surface area contributed by atoms with Crippen LogP contribution in [-0.4, -0.2) is 0 Å². The van der Waals surface area contributed by atoms with Crippen LogP contribution in [0.25, 0.3) is 0 Å². The lowest BCUT2D eigenvalue weighted by Crippen LogP contribution is -2.02. The van der Waals surface area contributed by atoms with Gasteiger partial charge in [0.05, 0.1) is 0 Å². The average molecular weight is 176 g/mol. The highest BCUT2D eigenvalue weighted by molar-refractivity contribution is 5.45. The molecule has 0 heteroatoms. The number of hydrogen-bond donors (Lipinski definition) is 0. The van der Waals surface area contributed by atoms with Crippen LogP contribution in [0.15, 0.2) is 34.4 Å². The Labute approximate surface area is 82.0 Å². The van der Waals surface area contributed by atoms with Crippen molar-refractivity contribution in [1.29, 1.82) is 0 Å². The van der Waals surface area contributed by atoms with Gasteiger partial charge in [-0.2, -0.15) is 0 Å². The smallest absolute Gasteiger partial charge is 0.0271 e. The van der Waals surface area contributed by atoms with Crippen LogP contribution in [0, 0.1) is 0 Å². The Hall–Kier alpha value is -0.780. The Bertz CT molecular complexity index is 283. The van der Waals surface area contributed by atoms with E-state index in [0.29, 0.717) is 0 Å². The molecule has 0 heterocycles. The molecule has 0 aliphatic heterocycles. The summed E-state index contributed by atoms with van der Waals surface area (Å²) in [6.07, 6.45) is 3.77. The van der Waals surface area contributed by atoms with Crippen molar-refractivity contribution >= 4 is 0 Å². The normalized spacial score (nSPS) is 17.7. The van der Waals surface area contributed by atoms with Gasteiger partial charge in [0.15, 0.2) is 0 Å². The molecule has 0 unspecified atom stereocenters. The number of rotatable bonds is 1. The highest BCUT2D eigenvalue weighted by Crippen LogP contribution is 2.34. The van der Waals surface area contributed by atoms with Crippen molar-refractivity contribution in [2.24, 2.45) is 0 Å². The van der Waals surface area contributed by atoms with E-state index in [-0.39, 0.29) is 0 Å². The topological polar surface area (TPSA) is 0 Å². The monoisotopic (exact) mass is 176 g/mol. The third-order valence-electron chi connectivity index (χ3n) is 2.88. The SMILES string of the molecule is C=C(C)C1=C(C)C(=C(C)C)CCC1. The van der Waals surface area contributed by atoms with Crippen molar-refractivity contribution < 1.29 is 0 Å². The van der Waals surface area contributed by atoms with Crippen LogP contribution in [0.2, 0.25) is 0 Å². The van der Waals surface area contributed by atoms with Gasteiger partial charge in [-0.1, -0.05) is 17.7 Å². The van der Waals surface area contributed by atoms with Crippen LogP contribution in [-0.2, 0) is 0 Å². The van der Waals surface area contributed by atoms with E-state index < -0.39 is 0 Å². The summed E-state index contributed by atoms with van der Waals surface area (Å²) in [6.45, 7) is 12.8. The van der Waals surface area contributed by atoms with Crippen molar-refractivity contribution in [2.75, 3.05) is 0 Å². The zero-order chi connectivity index (χ0) is 10.0. The van der Waals surface area contributed by atoms with E-state index in [1.54, 1.807) is 5.57 Å². The van der Waals surface area contributed by atoms with Gasteiger partial charge < -0.3 is 0 Å². The average Bonchev–Trinajstić information content (AvgIpc) is 2.03. The fraction of sp³-hybridized carbons (Fsp3) is 0.538. The van der Waals surface area contributed by atoms with Crippen LogP contribution in [0.1, 0.15) is 47.0 Å². The van der Waals surface area contributed by atoms with E-state index in [9.17, 15) is 0 Å². The number of allylic oxidation sites excluding steroid dienone is 5. The summed E-state index contributed by atoms with van der Waals surface area (Å²) in [6, 6.07) is 0. The van der Waals surface area contributed by atoms with E-state index in [4.69, 9.17) is 0 Å². The Kier molecular flexibility index (Phi) is 3.13. The lowest BCUT2D eigenvalue weighted by molar-refractivity contribution is 0.761. The Morgan fingerprint density at radius 1 is 1.15 bits per heavy atom. The van der Waals surface area contributed by atoms with E-state index in [0.717, 1.165) is 0 Å². The van der Waals surface area contributed by atoms with Crippen molar-refractivity contribution in [3.05, 3.63) is 34.4 Å². The quantitative estimate of drug-likeness (QED) is 0.555. The largest absolute Gasteiger partial charge is 0.0958 e. The lowest BCUT2D eigenvalue weighted by atomic mass is 9.84. The minimum Gasteiger partial charge on any atom is -0.0958 e. The summed E-state index contributed by atoms with van der Waals surface area (Å²) < 4.78 is 0. The summed E-state index contributed by atoms with van der Waals surface area (Å²) in [5.41, 5.74) is 7.25. The van der Waals surface area contributed by atoms with Gasteiger partial charge in [-0.15, -0.1) is 0 Å². The molecule has 0 fully saturated rings. The standard InChI is InChI=1S/C13H20/c1-9(2)12-7-6-8-13(10(3)4)11(12)5/h1,6-8H2,2-5H3. The molecule has 0 aromatic heterocycles. The molecule has 72 valence electrons. The third-order valence-corrected chi connectivity index (χ3v) is 2.88. The van der Waals surface area contributed by atoms with Crippen molar-refractivity contribution in [3.8, 4) is 0 Å². The second-order valence-corrected chi connectivity index (χ2v) is 4.22. The van der Waals surface area contributed by atoms with Gasteiger partial charge in [0.1, 0.15) is 0 Å². The van der Waals surface area contributed by atoms with Crippen molar-refractivity contribution in [2.45, 2.75) is 47.0 Å². The third kappa shape index (κ3) is 2.12. The fourth-order valence-corrected chi connectivity index (χ4v) is 2.16. The zero-order valence-corrected chi connectivity index (χ0v) is 9.33. The molecule has 13 heavy (non-hydrogen) atoms. The molecule has 0 amide bonds. The second-order valence-electron chi connectivity index (χ2n) is 4.22. The van der Waals surface area contributed by atoms with E-state index >= 15 is 0 Å². The summed E-state index contributed by atoms with van der Waals surface area (Å²) in [5.74, 6) is 0. The first kappa shape index (κ1) is 10.3. The predicted octanol–water partition coefficient (Wildman–Crippen LogP) is 4.40. The molecule has 1 rings (SSSR count). The molecule has 0 bridgehead atoms. The molecule has 0 atom stereocenters. The Balaban J connectivity index is 3.14. The first-order chi connectivity index (χ1) is 6.04. The van der Waals surface area contributed by atoms with Gasteiger partial charge >= 0.3 is 0 Å². The van der Waals surface area contributed by atoms with Crippen LogP contribution in [0.4, 0.5) is 0 Å². The van der Waals surface area contributed by atoms with E-state index in [2.05, 4.69) is 34.3 Å². The maximum absolute atomic E-state index is 4.04. The molecular weight excluding hydrogens is 156 g/mol. The van der Waals surface area contributed by atoms with Gasteiger partial charge in [0.2, 0.25) is 0 Å². The molecule has 0 radical (unpaired) electrons. The van der Waals surface area contributed by atoms with Gasteiger partial charge in [-0.05, 0) is 63.7 Å². The minimum atomic E-state index is 1.22. The molecule has 0 aromatic carbocycles. The molecule has 0 N–H and O–H groups in total. The summed E-state index contributed by atoms with van der Waals surface area (Å²) >= 11 is 0. The van der Waals surface area contributed by atoms with Crippen molar-refractivity contribution in [1.82, 2.24) is 0 Å². The maximum Gasteiger partial charge on any atom is -0.0271 e. The second kappa shape index (κ2) is 3.95. The van der Waals surface area contributed by atoms with Gasteiger partial charge in [0.25, 0.3) is 0 Å². The molecule has 1 aliphatic carbocycles. The highest BCUT2D eigenvalue weighted by atomic mass is 14.2. The zero-order valence-electron chi connectivity index (χ0n) is 9.33. The number of hydrogen-bond acceptors (Lipinski definition) is 0. The van der Waals surface area contributed by atoms with Gasteiger partial charge in [-0.3, -0.25) is 0 Å². The van der Waals surface area contributed by atoms with E-state index in [1.807, 2.05) is 0 Å². The molecule has 0 nitrogen and oxygen atoms in total. The van der Waals surface area contributed by atoms with Crippen LogP contribution in [0.5, 0.6) is 0 Å². The predicted molar refractivity (Wildman–Crippen MR) is 59.7 cm³/mol. The van der Waals surface area contributed by atoms with E-state index in [1.165, 1.54) is 41.6 Å². The first-order valence-electron chi connectivity index (χ1n) is 5.06. The highest BCUT2D eigenvalue weighted by Gasteiger charge is 2.14.